The molecule has 1 fully saturated rings. The summed E-state index contributed by atoms with van der Waals surface area (Å²) in [6.07, 6.45) is 4.73. The first-order valence-corrected chi connectivity index (χ1v) is 9.76. The van der Waals surface area contributed by atoms with E-state index in [1.165, 1.54) is 0 Å². The Balaban J connectivity index is 1.66. The van der Waals surface area contributed by atoms with E-state index in [1.54, 1.807) is 18.3 Å². The predicted octanol–water partition coefficient (Wildman–Crippen LogP) is 3.02. The van der Waals surface area contributed by atoms with Crippen molar-refractivity contribution in [2.45, 2.75) is 59.6 Å². The summed E-state index contributed by atoms with van der Waals surface area (Å²) >= 11 is 0. The van der Waals surface area contributed by atoms with Gasteiger partial charge in [0.15, 0.2) is 0 Å². The van der Waals surface area contributed by atoms with Gasteiger partial charge in [0, 0.05) is 37.5 Å². The normalized spacial score (nSPS) is 18.4. The second-order valence-corrected chi connectivity index (χ2v) is 7.37. The molecule has 2 atom stereocenters. The van der Waals surface area contributed by atoms with Crippen molar-refractivity contribution in [2.75, 3.05) is 13.1 Å². The van der Waals surface area contributed by atoms with Gasteiger partial charge in [0.1, 0.15) is 11.6 Å². The molecule has 27 heavy (non-hydrogen) atoms. The third-order valence-electron chi connectivity index (χ3n) is 5.08. The minimum Gasteiger partial charge on any atom is -0.475 e. The van der Waals surface area contributed by atoms with Crippen LogP contribution in [0, 0.1) is 19.8 Å². The van der Waals surface area contributed by atoms with Gasteiger partial charge in [-0.2, -0.15) is 5.10 Å². The van der Waals surface area contributed by atoms with Crippen LogP contribution in [0.15, 0.2) is 18.3 Å². The number of carbonyl (C=O) groups is 1. The summed E-state index contributed by atoms with van der Waals surface area (Å²) in [7, 11) is 0. The molecule has 0 spiro atoms. The van der Waals surface area contributed by atoms with Crippen molar-refractivity contribution in [2.24, 2.45) is 5.92 Å². The zero-order valence-corrected chi connectivity index (χ0v) is 16.7. The Morgan fingerprint density at radius 3 is 2.93 bits per heavy atom. The zero-order valence-electron chi connectivity index (χ0n) is 16.7. The molecule has 1 saturated heterocycles. The first-order valence-electron chi connectivity index (χ1n) is 9.76. The number of hydrogen-bond acceptors (Lipinski definition) is 5. The van der Waals surface area contributed by atoms with Crippen LogP contribution in [0.3, 0.4) is 0 Å². The lowest BCUT2D eigenvalue weighted by Crippen LogP contribution is -2.41. The Kier molecular flexibility index (Phi) is 6.08. The van der Waals surface area contributed by atoms with Crippen molar-refractivity contribution < 1.29 is 9.53 Å². The maximum absolute atomic E-state index is 13.0. The molecule has 2 aromatic rings. The number of rotatable bonds is 6. The fourth-order valence-electron chi connectivity index (χ4n) is 3.46. The maximum atomic E-state index is 13.0. The van der Waals surface area contributed by atoms with Crippen molar-refractivity contribution >= 4 is 5.91 Å². The van der Waals surface area contributed by atoms with Crippen LogP contribution in [-0.4, -0.2) is 49.7 Å². The highest BCUT2D eigenvalue weighted by Crippen LogP contribution is 2.22. The number of aromatic nitrogens is 4. The van der Waals surface area contributed by atoms with E-state index in [1.807, 2.05) is 30.4 Å². The first-order chi connectivity index (χ1) is 13.0. The molecular formula is C20H29N5O2. The summed E-state index contributed by atoms with van der Waals surface area (Å²) in [6, 6.07) is 3.52. The fraction of sp³-hybridized carbons (Fsp3) is 0.600. The van der Waals surface area contributed by atoms with Crippen molar-refractivity contribution in [1.29, 1.82) is 0 Å². The van der Waals surface area contributed by atoms with E-state index in [-0.39, 0.29) is 12.0 Å². The van der Waals surface area contributed by atoms with Crippen molar-refractivity contribution in [1.82, 2.24) is 24.6 Å². The Morgan fingerprint density at radius 1 is 1.41 bits per heavy atom. The SMILES string of the molecule is CCC(C)Oc1cc(C(=O)N2CCCC(Cn3nc(C)nc3C)C2)ccn1. The summed E-state index contributed by atoms with van der Waals surface area (Å²) in [5.41, 5.74) is 0.636. The van der Waals surface area contributed by atoms with Crippen molar-refractivity contribution in [3.8, 4) is 5.88 Å². The molecule has 7 heteroatoms. The number of pyridine rings is 1. The van der Waals surface area contributed by atoms with Crippen LogP contribution in [0.2, 0.25) is 0 Å². The van der Waals surface area contributed by atoms with Gasteiger partial charge in [-0.25, -0.2) is 14.6 Å². The number of ether oxygens (including phenoxy) is 1. The topological polar surface area (TPSA) is 73.1 Å². The molecule has 3 heterocycles. The Hall–Kier alpha value is -2.44. The van der Waals surface area contributed by atoms with Gasteiger partial charge in [0.2, 0.25) is 5.88 Å². The van der Waals surface area contributed by atoms with Crippen LogP contribution in [0.1, 0.15) is 55.1 Å². The number of carbonyl (C=O) groups excluding carboxylic acids is 1. The minimum absolute atomic E-state index is 0.0441. The van der Waals surface area contributed by atoms with E-state index in [9.17, 15) is 4.79 Å². The van der Waals surface area contributed by atoms with E-state index in [0.29, 0.717) is 17.4 Å². The van der Waals surface area contributed by atoms with Crippen LogP contribution < -0.4 is 4.74 Å². The van der Waals surface area contributed by atoms with Gasteiger partial charge < -0.3 is 9.64 Å². The van der Waals surface area contributed by atoms with Crippen LogP contribution in [0.25, 0.3) is 0 Å². The number of nitrogens with zero attached hydrogens (tertiary/aromatic N) is 5. The van der Waals surface area contributed by atoms with Gasteiger partial charge in [0.25, 0.3) is 5.91 Å². The summed E-state index contributed by atoms with van der Waals surface area (Å²) in [5, 5.41) is 4.46. The molecule has 1 amide bonds. The molecule has 7 nitrogen and oxygen atoms in total. The van der Waals surface area contributed by atoms with Gasteiger partial charge in [-0.15, -0.1) is 0 Å². The van der Waals surface area contributed by atoms with E-state index < -0.39 is 0 Å². The minimum atomic E-state index is 0.0441. The molecule has 146 valence electrons. The molecule has 0 radical (unpaired) electrons. The van der Waals surface area contributed by atoms with E-state index in [2.05, 4.69) is 22.0 Å². The third-order valence-corrected chi connectivity index (χ3v) is 5.08. The maximum Gasteiger partial charge on any atom is 0.254 e. The zero-order chi connectivity index (χ0) is 19.4. The van der Waals surface area contributed by atoms with Gasteiger partial charge in [0.05, 0.1) is 6.10 Å². The number of aryl methyl sites for hydroxylation is 2. The molecule has 0 aromatic carbocycles. The summed E-state index contributed by atoms with van der Waals surface area (Å²) in [4.78, 5) is 23.5. The lowest BCUT2D eigenvalue weighted by atomic mass is 9.97. The highest BCUT2D eigenvalue weighted by atomic mass is 16.5. The molecule has 2 unspecified atom stereocenters. The Bertz CT molecular complexity index is 788. The monoisotopic (exact) mass is 371 g/mol. The summed E-state index contributed by atoms with van der Waals surface area (Å²) in [6.45, 7) is 10.3. The largest absolute Gasteiger partial charge is 0.475 e. The molecule has 1 aliphatic rings. The number of amides is 1. The Labute approximate surface area is 160 Å². The lowest BCUT2D eigenvalue weighted by molar-refractivity contribution is 0.0658. The summed E-state index contributed by atoms with van der Waals surface area (Å²) < 4.78 is 7.71. The van der Waals surface area contributed by atoms with E-state index in [4.69, 9.17) is 4.74 Å². The number of piperidine rings is 1. The number of hydrogen-bond donors (Lipinski definition) is 0. The van der Waals surface area contributed by atoms with Gasteiger partial charge in [-0.3, -0.25) is 4.79 Å². The van der Waals surface area contributed by atoms with E-state index >= 15 is 0 Å². The molecule has 1 aliphatic heterocycles. The second-order valence-electron chi connectivity index (χ2n) is 7.37. The average Bonchev–Trinajstić information content (AvgIpc) is 2.98. The first kappa shape index (κ1) is 19.3. The quantitative estimate of drug-likeness (QED) is 0.780. The lowest BCUT2D eigenvalue weighted by Gasteiger charge is -2.33. The van der Waals surface area contributed by atoms with Crippen molar-refractivity contribution in [3.63, 3.8) is 0 Å². The molecule has 0 saturated carbocycles. The van der Waals surface area contributed by atoms with Crippen LogP contribution >= 0.6 is 0 Å². The smallest absolute Gasteiger partial charge is 0.254 e. The second kappa shape index (κ2) is 8.50. The van der Waals surface area contributed by atoms with Crippen LogP contribution in [0.4, 0.5) is 0 Å². The Morgan fingerprint density at radius 2 is 2.22 bits per heavy atom. The molecule has 0 aliphatic carbocycles. The van der Waals surface area contributed by atoms with Gasteiger partial charge in [-0.1, -0.05) is 6.92 Å². The number of likely N-dealkylation sites (tertiary alicyclic amines) is 1. The van der Waals surface area contributed by atoms with Crippen LogP contribution in [-0.2, 0) is 6.54 Å². The van der Waals surface area contributed by atoms with Gasteiger partial charge in [-0.05, 0) is 52.0 Å². The standard InChI is InChI=1S/C20H29N5O2/c1-5-14(2)27-19-11-18(8-9-21-19)20(26)24-10-6-7-17(12-24)13-25-16(4)22-15(3)23-25/h8-9,11,14,17H,5-7,10,12-13H2,1-4H3. The third kappa shape index (κ3) is 4.84. The van der Waals surface area contributed by atoms with Gasteiger partial charge >= 0.3 is 0 Å². The molecule has 0 bridgehead atoms. The average molecular weight is 371 g/mol. The van der Waals surface area contributed by atoms with Crippen molar-refractivity contribution in [3.05, 3.63) is 35.5 Å². The van der Waals surface area contributed by atoms with Crippen LogP contribution in [0.5, 0.6) is 5.88 Å². The van der Waals surface area contributed by atoms with E-state index in [0.717, 1.165) is 50.5 Å². The molecule has 3 rings (SSSR count). The molecular weight excluding hydrogens is 342 g/mol. The molecule has 0 N–H and O–H groups in total. The summed E-state index contributed by atoms with van der Waals surface area (Å²) in [5.74, 6) is 2.67. The highest BCUT2D eigenvalue weighted by Gasteiger charge is 2.26. The predicted molar refractivity (Wildman–Crippen MR) is 103 cm³/mol. The molecule has 2 aromatic heterocycles. The highest BCUT2D eigenvalue weighted by molar-refractivity contribution is 5.94. The fourth-order valence-corrected chi connectivity index (χ4v) is 3.46.